The summed E-state index contributed by atoms with van der Waals surface area (Å²) in [6.07, 6.45) is 3.54. The Labute approximate surface area is 210 Å². The van der Waals surface area contributed by atoms with Gasteiger partial charge in [0, 0.05) is 37.1 Å². The van der Waals surface area contributed by atoms with Crippen LogP contribution in [0.4, 0.5) is 23.0 Å². The third-order valence-electron chi connectivity index (χ3n) is 6.90. The summed E-state index contributed by atoms with van der Waals surface area (Å²) in [5, 5.41) is 6.47. The highest BCUT2D eigenvalue weighted by molar-refractivity contribution is 5.89. The number of benzene rings is 2. The van der Waals surface area contributed by atoms with Crippen LogP contribution in [0.3, 0.4) is 0 Å². The first-order chi connectivity index (χ1) is 17.7. The van der Waals surface area contributed by atoms with E-state index in [2.05, 4.69) is 43.6 Å². The van der Waals surface area contributed by atoms with E-state index >= 15 is 0 Å². The Balaban J connectivity index is 1.41. The maximum Gasteiger partial charge on any atom is 0.242 e. The fourth-order valence-corrected chi connectivity index (χ4v) is 5.15. The van der Waals surface area contributed by atoms with Gasteiger partial charge in [0.15, 0.2) is 0 Å². The van der Waals surface area contributed by atoms with Gasteiger partial charge < -0.3 is 29.9 Å². The number of aromatic nitrogens is 2. The highest BCUT2D eigenvalue weighted by atomic mass is 16.5. The van der Waals surface area contributed by atoms with Crippen LogP contribution in [0.5, 0.6) is 5.75 Å². The van der Waals surface area contributed by atoms with E-state index in [4.69, 9.17) is 14.5 Å². The average molecular weight is 487 g/mol. The number of rotatable bonds is 1. The summed E-state index contributed by atoms with van der Waals surface area (Å²) in [6, 6.07) is 15.8. The first kappa shape index (κ1) is 22.6. The Morgan fingerprint density at radius 1 is 0.972 bits per heavy atom. The Morgan fingerprint density at radius 3 is 2.81 bits per heavy atom. The predicted molar refractivity (Wildman–Crippen MR) is 139 cm³/mol. The SMILES string of the molecule is O=C1NCCOc2cccc(c2)-c2ccnc(n2)Nc2ccc(N3CCOCC3)c(c2)N2CCC[C@@H]12. The summed E-state index contributed by atoms with van der Waals surface area (Å²) in [6.45, 7) is 4.72. The van der Waals surface area contributed by atoms with E-state index < -0.39 is 0 Å². The highest BCUT2D eigenvalue weighted by Crippen LogP contribution is 2.38. The molecule has 6 rings (SSSR count). The number of anilines is 4. The molecule has 2 aromatic carbocycles. The van der Waals surface area contributed by atoms with Gasteiger partial charge in [-0.15, -0.1) is 0 Å². The molecule has 6 bridgehead atoms. The number of morpholine rings is 1. The van der Waals surface area contributed by atoms with Crippen molar-refractivity contribution in [2.75, 3.05) is 61.1 Å². The summed E-state index contributed by atoms with van der Waals surface area (Å²) < 4.78 is 11.5. The summed E-state index contributed by atoms with van der Waals surface area (Å²) in [5.74, 6) is 1.29. The second kappa shape index (κ2) is 10.0. The summed E-state index contributed by atoms with van der Waals surface area (Å²) >= 11 is 0. The largest absolute Gasteiger partial charge is 0.492 e. The van der Waals surface area contributed by atoms with Crippen molar-refractivity contribution in [1.29, 1.82) is 0 Å². The second-order valence-electron chi connectivity index (χ2n) is 9.21. The van der Waals surface area contributed by atoms with E-state index in [1.807, 2.05) is 30.3 Å². The number of carbonyl (C=O) groups excluding carboxylic acids is 1. The predicted octanol–water partition coefficient (Wildman–Crippen LogP) is 3.20. The van der Waals surface area contributed by atoms with E-state index in [0.29, 0.717) is 32.3 Å². The number of nitrogens with one attached hydrogen (secondary N) is 2. The lowest BCUT2D eigenvalue weighted by Gasteiger charge is -2.35. The van der Waals surface area contributed by atoms with Crippen molar-refractivity contribution < 1.29 is 14.3 Å². The topological polar surface area (TPSA) is 91.8 Å². The van der Waals surface area contributed by atoms with E-state index in [0.717, 1.165) is 66.5 Å². The van der Waals surface area contributed by atoms with Gasteiger partial charge in [-0.3, -0.25) is 4.79 Å². The minimum Gasteiger partial charge on any atom is -0.492 e. The average Bonchev–Trinajstić information content (AvgIpc) is 3.42. The molecule has 2 saturated heterocycles. The molecule has 0 saturated carbocycles. The van der Waals surface area contributed by atoms with Crippen LogP contribution in [-0.4, -0.2) is 67.9 Å². The van der Waals surface area contributed by atoms with Crippen LogP contribution in [0, 0.1) is 0 Å². The van der Waals surface area contributed by atoms with E-state index in [-0.39, 0.29) is 11.9 Å². The molecule has 0 aliphatic carbocycles. The lowest BCUT2D eigenvalue weighted by atomic mass is 10.1. The molecule has 0 spiro atoms. The van der Waals surface area contributed by atoms with Gasteiger partial charge in [-0.1, -0.05) is 12.1 Å². The monoisotopic (exact) mass is 486 g/mol. The van der Waals surface area contributed by atoms with Gasteiger partial charge in [0.1, 0.15) is 18.4 Å². The van der Waals surface area contributed by atoms with Gasteiger partial charge in [-0.2, -0.15) is 0 Å². The number of amides is 1. The second-order valence-corrected chi connectivity index (χ2v) is 9.21. The number of hydrogen-bond donors (Lipinski definition) is 2. The van der Waals surface area contributed by atoms with Gasteiger partial charge >= 0.3 is 0 Å². The van der Waals surface area contributed by atoms with Crippen LogP contribution in [-0.2, 0) is 9.53 Å². The van der Waals surface area contributed by atoms with Gasteiger partial charge in [0.05, 0.1) is 36.8 Å². The van der Waals surface area contributed by atoms with Crippen molar-refractivity contribution in [3.8, 4) is 17.0 Å². The van der Waals surface area contributed by atoms with E-state index in [1.165, 1.54) is 0 Å². The minimum atomic E-state index is -0.223. The first-order valence-corrected chi connectivity index (χ1v) is 12.6. The lowest BCUT2D eigenvalue weighted by molar-refractivity contribution is -0.122. The Bertz CT molecular complexity index is 1250. The lowest BCUT2D eigenvalue weighted by Crippen LogP contribution is -2.45. The Kier molecular flexibility index (Phi) is 6.29. The fraction of sp³-hybridized carbons (Fsp3) is 0.370. The molecular weight excluding hydrogens is 456 g/mol. The number of ether oxygens (including phenoxy) is 2. The van der Waals surface area contributed by atoms with Gasteiger partial charge in [-0.05, 0) is 49.2 Å². The first-order valence-electron chi connectivity index (χ1n) is 12.6. The third kappa shape index (κ3) is 4.66. The molecule has 1 aromatic heterocycles. The molecule has 0 radical (unpaired) electrons. The van der Waals surface area contributed by atoms with Crippen LogP contribution in [0.1, 0.15) is 12.8 Å². The van der Waals surface area contributed by atoms with Crippen molar-refractivity contribution in [3.63, 3.8) is 0 Å². The zero-order valence-electron chi connectivity index (χ0n) is 20.2. The van der Waals surface area contributed by atoms with Gasteiger partial charge in [-0.25, -0.2) is 9.97 Å². The normalized spacial score (nSPS) is 20.0. The molecular formula is C27H30N6O3. The molecule has 3 aromatic rings. The van der Waals surface area contributed by atoms with Crippen molar-refractivity contribution in [1.82, 2.24) is 15.3 Å². The number of hydrogen-bond acceptors (Lipinski definition) is 8. The molecule has 1 atom stereocenters. The fourth-order valence-electron chi connectivity index (χ4n) is 5.15. The van der Waals surface area contributed by atoms with Crippen molar-refractivity contribution in [2.24, 2.45) is 0 Å². The molecule has 3 aliphatic rings. The summed E-state index contributed by atoms with van der Waals surface area (Å²) in [5.41, 5.74) is 4.79. The Morgan fingerprint density at radius 2 is 1.89 bits per heavy atom. The molecule has 1 amide bonds. The molecule has 4 heterocycles. The van der Waals surface area contributed by atoms with E-state index in [9.17, 15) is 4.79 Å². The zero-order chi connectivity index (χ0) is 24.3. The quantitative estimate of drug-likeness (QED) is 0.542. The minimum absolute atomic E-state index is 0.0374. The summed E-state index contributed by atoms with van der Waals surface area (Å²) in [7, 11) is 0. The maximum atomic E-state index is 13.2. The third-order valence-corrected chi connectivity index (χ3v) is 6.90. The van der Waals surface area contributed by atoms with Gasteiger partial charge in [0.2, 0.25) is 11.9 Å². The van der Waals surface area contributed by atoms with Crippen LogP contribution in [0.25, 0.3) is 11.3 Å². The smallest absolute Gasteiger partial charge is 0.242 e. The Hall–Kier alpha value is -3.85. The molecule has 3 aliphatic heterocycles. The molecule has 2 N–H and O–H groups in total. The van der Waals surface area contributed by atoms with Crippen LogP contribution in [0.2, 0.25) is 0 Å². The summed E-state index contributed by atoms with van der Waals surface area (Å²) in [4.78, 5) is 27.0. The maximum absolute atomic E-state index is 13.2. The van der Waals surface area contributed by atoms with Crippen LogP contribution < -0.4 is 25.2 Å². The standard InChI is InChI=1S/C27H30N6O3/c34-26-24-5-2-11-33(24)25-18-20(6-7-23(25)32-12-15-35-16-13-32)30-27-29-9-8-22(31-27)19-3-1-4-21(17-19)36-14-10-28-26/h1,3-4,6-9,17-18,24H,2,5,10-16H2,(H,28,34)(H,29,30,31)/t24-/m0/s1. The molecule has 9 heteroatoms. The molecule has 2 fully saturated rings. The molecule has 9 nitrogen and oxygen atoms in total. The highest BCUT2D eigenvalue weighted by Gasteiger charge is 2.33. The number of carbonyl (C=O) groups is 1. The van der Waals surface area contributed by atoms with E-state index in [1.54, 1.807) is 6.20 Å². The number of nitrogens with zero attached hydrogens (tertiary/aromatic N) is 4. The van der Waals surface area contributed by atoms with Crippen molar-refractivity contribution >= 4 is 28.9 Å². The van der Waals surface area contributed by atoms with Crippen LogP contribution in [0.15, 0.2) is 54.7 Å². The number of fused-ring (bicyclic) bond motifs is 9. The molecule has 0 unspecified atom stereocenters. The zero-order valence-corrected chi connectivity index (χ0v) is 20.2. The van der Waals surface area contributed by atoms with Gasteiger partial charge in [0.25, 0.3) is 0 Å². The van der Waals surface area contributed by atoms with Crippen LogP contribution >= 0.6 is 0 Å². The molecule has 36 heavy (non-hydrogen) atoms. The van der Waals surface area contributed by atoms with Crippen molar-refractivity contribution in [2.45, 2.75) is 18.9 Å². The van der Waals surface area contributed by atoms with Crippen molar-refractivity contribution in [3.05, 3.63) is 54.7 Å². The molecule has 186 valence electrons.